The third-order valence-corrected chi connectivity index (χ3v) is 2.51. The van der Waals surface area contributed by atoms with Gasteiger partial charge >= 0.3 is 0 Å². The Morgan fingerprint density at radius 1 is 1.35 bits per heavy atom. The highest BCUT2D eigenvalue weighted by molar-refractivity contribution is 5.77. The third kappa shape index (κ3) is 4.95. The van der Waals surface area contributed by atoms with Crippen molar-refractivity contribution in [3.05, 3.63) is 35.6 Å². The molecule has 0 aliphatic rings. The van der Waals surface area contributed by atoms with Crippen LogP contribution in [0.1, 0.15) is 18.9 Å². The van der Waals surface area contributed by atoms with Crippen LogP contribution in [0.5, 0.6) is 0 Å². The number of rotatable bonds is 6. The number of benzene rings is 1. The van der Waals surface area contributed by atoms with Crippen LogP contribution in [0.3, 0.4) is 0 Å². The van der Waals surface area contributed by atoms with Crippen LogP contribution in [-0.2, 0) is 11.3 Å². The van der Waals surface area contributed by atoms with Crippen LogP contribution in [0.25, 0.3) is 0 Å². The molecule has 0 saturated heterocycles. The van der Waals surface area contributed by atoms with Gasteiger partial charge in [0.25, 0.3) is 0 Å². The zero-order valence-electron chi connectivity index (χ0n) is 10.4. The lowest BCUT2D eigenvalue weighted by Crippen LogP contribution is -2.35. The molecule has 0 spiro atoms. The van der Waals surface area contributed by atoms with Gasteiger partial charge in [0.1, 0.15) is 5.82 Å². The van der Waals surface area contributed by atoms with Gasteiger partial charge in [0.05, 0.1) is 6.54 Å². The van der Waals surface area contributed by atoms with E-state index in [1.165, 1.54) is 12.1 Å². The first kappa shape index (κ1) is 13.6. The van der Waals surface area contributed by atoms with Crippen molar-refractivity contribution in [1.29, 1.82) is 0 Å². The summed E-state index contributed by atoms with van der Waals surface area (Å²) in [5.74, 6) is -0.234. The number of carbonyl (C=O) groups is 1. The summed E-state index contributed by atoms with van der Waals surface area (Å²) >= 11 is 0. The van der Waals surface area contributed by atoms with Crippen molar-refractivity contribution >= 4 is 5.91 Å². The average Bonchev–Trinajstić information content (AvgIpc) is 2.32. The number of halogens is 1. The molecule has 4 heteroatoms. The van der Waals surface area contributed by atoms with E-state index in [1.54, 1.807) is 19.2 Å². The molecule has 0 bridgehead atoms. The van der Waals surface area contributed by atoms with Gasteiger partial charge in [0, 0.05) is 13.6 Å². The van der Waals surface area contributed by atoms with Crippen LogP contribution < -0.4 is 5.32 Å². The summed E-state index contributed by atoms with van der Waals surface area (Å²) < 4.78 is 12.8. The first-order valence-corrected chi connectivity index (χ1v) is 5.83. The fraction of sp³-hybridized carbons (Fsp3) is 0.462. The molecule has 0 aliphatic heterocycles. The van der Waals surface area contributed by atoms with Gasteiger partial charge in [-0.15, -0.1) is 0 Å². The molecule has 1 aromatic rings. The summed E-state index contributed by atoms with van der Waals surface area (Å²) in [6.45, 7) is 3.97. The van der Waals surface area contributed by atoms with Crippen molar-refractivity contribution in [3.63, 3.8) is 0 Å². The van der Waals surface area contributed by atoms with E-state index in [9.17, 15) is 9.18 Å². The minimum Gasteiger partial charge on any atom is -0.358 e. The molecular weight excluding hydrogens is 219 g/mol. The van der Waals surface area contributed by atoms with Crippen molar-refractivity contribution < 1.29 is 9.18 Å². The van der Waals surface area contributed by atoms with Gasteiger partial charge in [-0.25, -0.2) is 4.39 Å². The normalized spacial score (nSPS) is 10.6. The number of nitrogens with zero attached hydrogens (tertiary/aromatic N) is 1. The molecule has 0 unspecified atom stereocenters. The molecule has 1 N–H and O–H groups in total. The Labute approximate surface area is 102 Å². The Kier molecular flexibility index (Phi) is 5.63. The smallest absolute Gasteiger partial charge is 0.233 e. The Morgan fingerprint density at radius 3 is 2.53 bits per heavy atom. The standard InChI is InChI=1S/C13H19FN2O/c1-3-8-16(10-13(17)15-2)9-11-4-6-12(14)7-5-11/h4-7H,3,8-10H2,1-2H3,(H,15,17). The maximum Gasteiger partial charge on any atom is 0.233 e. The summed E-state index contributed by atoms with van der Waals surface area (Å²) in [6, 6.07) is 6.39. The molecule has 1 amide bonds. The summed E-state index contributed by atoms with van der Waals surface area (Å²) in [5.41, 5.74) is 1.02. The third-order valence-electron chi connectivity index (χ3n) is 2.51. The van der Waals surface area contributed by atoms with Gasteiger partial charge in [0.15, 0.2) is 0 Å². The van der Waals surface area contributed by atoms with Gasteiger partial charge in [-0.05, 0) is 30.7 Å². The van der Waals surface area contributed by atoms with Crippen LogP contribution in [0.4, 0.5) is 4.39 Å². The Bertz CT molecular complexity index is 351. The van der Waals surface area contributed by atoms with Crippen molar-refractivity contribution in [2.24, 2.45) is 0 Å². The molecule has 0 saturated carbocycles. The number of hydrogen-bond acceptors (Lipinski definition) is 2. The molecule has 0 atom stereocenters. The number of nitrogens with one attached hydrogen (secondary N) is 1. The van der Waals surface area contributed by atoms with Gasteiger partial charge < -0.3 is 5.32 Å². The van der Waals surface area contributed by atoms with E-state index in [0.717, 1.165) is 18.5 Å². The summed E-state index contributed by atoms with van der Waals surface area (Å²) in [4.78, 5) is 13.4. The second-order valence-corrected chi connectivity index (χ2v) is 4.01. The van der Waals surface area contributed by atoms with Crippen LogP contribution in [0.15, 0.2) is 24.3 Å². The van der Waals surface area contributed by atoms with Crippen LogP contribution in [0.2, 0.25) is 0 Å². The van der Waals surface area contributed by atoms with Gasteiger partial charge in [-0.1, -0.05) is 19.1 Å². The molecule has 1 rings (SSSR count). The number of carbonyl (C=O) groups excluding carboxylic acids is 1. The predicted octanol–water partition coefficient (Wildman–Crippen LogP) is 1.78. The second kappa shape index (κ2) is 7.01. The van der Waals surface area contributed by atoms with Crippen LogP contribution in [0, 0.1) is 5.82 Å². The molecular formula is C13H19FN2O. The van der Waals surface area contributed by atoms with Crippen LogP contribution in [-0.4, -0.2) is 30.9 Å². The molecule has 0 heterocycles. The zero-order valence-corrected chi connectivity index (χ0v) is 10.4. The molecule has 0 radical (unpaired) electrons. The van der Waals surface area contributed by atoms with E-state index >= 15 is 0 Å². The van der Waals surface area contributed by atoms with Gasteiger partial charge in [-0.3, -0.25) is 9.69 Å². The second-order valence-electron chi connectivity index (χ2n) is 4.01. The maximum atomic E-state index is 12.8. The SMILES string of the molecule is CCCN(CC(=O)NC)Cc1ccc(F)cc1. The summed E-state index contributed by atoms with van der Waals surface area (Å²) in [5, 5.41) is 2.61. The largest absolute Gasteiger partial charge is 0.358 e. The van der Waals surface area contributed by atoms with Crippen molar-refractivity contribution in [2.45, 2.75) is 19.9 Å². The van der Waals surface area contributed by atoms with Crippen molar-refractivity contribution in [1.82, 2.24) is 10.2 Å². The van der Waals surface area contributed by atoms with E-state index in [4.69, 9.17) is 0 Å². The molecule has 94 valence electrons. The fourth-order valence-electron chi connectivity index (χ4n) is 1.66. The maximum absolute atomic E-state index is 12.8. The summed E-state index contributed by atoms with van der Waals surface area (Å²) in [6.07, 6.45) is 0.984. The molecule has 0 fully saturated rings. The molecule has 3 nitrogen and oxygen atoms in total. The first-order valence-electron chi connectivity index (χ1n) is 5.83. The summed E-state index contributed by atoms with van der Waals surface area (Å²) in [7, 11) is 1.63. The molecule has 0 aromatic heterocycles. The van der Waals surface area contributed by atoms with Gasteiger partial charge in [-0.2, -0.15) is 0 Å². The Balaban J connectivity index is 2.59. The number of hydrogen-bond donors (Lipinski definition) is 1. The lowest BCUT2D eigenvalue weighted by atomic mass is 10.2. The quantitative estimate of drug-likeness (QED) is 0.819. The predicted molar refractivity (Wildman–Crippen MR) is 66.0 cm³/mol. The lowest BCUT2D eigenvalue weighted by molar-refractivity contribution is -0.121. The number of likely N-dealkylation sites (N-methyl/N-ethyl adjacent to an activating group) is 1. The molecule has 1 aromatic carbocycles. The average molecular weight is 238 g/mol. The topological polar surface area (TPSA) is 32.3 Å². The van der Waals surface area contributed by atoms with E-state index in [0.29, 0.717) is 13.1 Å². The van der Waals surface area contributed by atoms with E-state index < -0.39 is 0 Å². The Hall–Kier alpha value is -1.42. The van der Waals surface area contributed by atoms with Crippen LogP contribution >= 0.6 is 0 Å². The highest BCUT2D eigenvalue weighted by atomic mass is 19.1. The lowest BCUT2D eigenvalue weighted by Gasteiger charge is -2.20. The minimum absolute atomic E-state index is 0.000520. The van der Waals surface area contributed by atoms with Crippen molar-refractivity contribution in [3.8, 4) is 0 Å². The van der Waals surface area contributed by atoms with E-state index in [2.05, 4.69) is 12.2 Å². The van der Waals surface area contributed by atoms with Crippen molar-refractivity contribution in [2.75, 3.05) is 20.1 Å². The molecule has 17 heavy (non-hydrogen) atoms. The highest BCUT2D eigenvalue weighted by Gasteiger charge is 2.09. The zero-order chi connectivity index (χ0) is 12.7. The van der Waals surface area contributed by atoms with E-state index in [1.807, 2.05) is 4.90 Å². The number of amides is 1. The highest BCUT2D eigenvalue weighted by Crippen LogP contribution is 2.07. The fourth-order valence-corrected chi connectivity index (χ4v) is 1.66. The van der Waals surface area contributed by atoms with Gasteiger partial charge in [0.2, 0.25) is 5.91 Å². The minimum atomic E-state index is -0.234. The van der Waals surface area contributed by atoms with E-state index in [-0.39, 0.29) is 11.7 Å². The Morgan fingerprint density at radius 2 is 2.00 bits per heavy atom. The first-order chi connectivity index (χ1) is 8.15. The monoisotopic (exact) mass is 238 g/mol. The molecule has 0 aliphatic carbocycles.